The third kappa shape index (κ3) is 4.46. The minimum absolute atomic E-state index is 0.274. The lowest BCUT2D eigenvalue weighted by atomic mass is 9.98. The van der Waals surface area contributed by atoms with Crippen molar-refractivity contribution < 1.29 is 4.39 Å². The van der Waals surface area contributed by atoms with E-state index in [0.29, 0.717) is 11.5 Å². The van der Waals surface area contributed by atoms with Gasteiger partial charge in [-0.05, 0) is 54.3 Å². The Morgan fingerprint density at radius 1 is 1.23 bits per heavy atom. The van der Waals surface area contributed by atoms with Crippen molar-refractivity contribution in [3.05, 3.63) is 47.5 Å². The molecule has 3 aromatic rings. The molecule has 1 fully saturated rings. The number of H-pyrrole nitrogens is 1. The van der Waals surface area contributed by atoms with Gasteiger partial charge in [0.1, 0.15) is 5.82 Å². The molecule has 0 spiro atoms. The average molecular weight is 411 g/mol. The molecule has 8 nitrogen and oxygen atoms in total. The Kier molecular flexibility index (Phi) is 5.98. The maximum atomic E-state index is 15.2. The monoisotopic (exact) mass is 410 g/mol. The van der Waals surface area contributed by atoms with Crippen molar-refractivity contribution in [2.24, 2.45) is 5.92 Å². The summed E-state index contributed by atoms with van der Waals surface area (Å²) in [6.07, 6.45) is 2.50. The van der Waals surface area contributed by atoms with Crippen LogP contribution in [0.15, 0.2) is 30.5 Å². The summed E-state index contributed by atoms with van der Waals surface area (Å²) in [5.41, 5.74) is 3.18. The van der Waals surface area contributed by atoms with E-state index in [1.54, 1.807) is 12.3 Å². The summed E-state index contributed by atoms with van der Waals surface area (Å²) >= 11 is 0. The Bertz CT molecular complexity index is 961. The second-order valence-corrected chi connectivity index (χ2v) is 8.29. The number of tetrazole rings is 1. The van der Waals surface area contributed by atoms with Crippen LogP contribution in [0.5, 0.6) is 0 Å². The van der Waals surface area contributed by atoms with Gasteiger partial charge in [-0.3, -0.25) is 4.90 Å². The molecule has 0 aliphatic carbocycles. The molecule has 30 heavy (non-hydrogen) atoms. The lowest BCUT2D eigenvalue weighted by Gasteiger charge is -2.41. The van der Waals surface area contributed by atoms with Crippen molar-refractivity contribution >= 4 is 5.69 Å². The number of piperazine rings is 1. The second-order valence-electron chi connectivity index (χ2n) is 8.29. The molecular formula is C21H27FN8. The number of rotatable bonds is 6. The van der Waals surface area contributed by atoms with Gasteiger partial charge in [0.05, 0.1) is 16.9 Å². The molecule has 9 heteroatoms. The third-order valence-corrected chi connectivity index (χ3v) is 5.44. The van der Waals surface area contributed by atoms with Gasteiger partial charge in [-0.2, -0.15) is 15.4 Å². The standard InChI is InChI=1S/C21H27FN8/c1-14(2)9-16-10-18(22)20(21-25-27-28-26-21)19(11-16)30-8-7-29(15(3)12-30)13-17-5-4-6-23-24-17/h4-6,10-11,14-15H,7-9,12-13H2,1-3H3,(H,25,26,27,28)/t15-/m1/s1. The quantitative estimate of drug-likeness (QED) is 0.669. The highest BCUT2D eigenvalue weighted by molar-refractivity contribution is 5.76. The summed E-state index contributed by atoms with van der Waals surface area (Å²) in [5, 5.41) is 22.3. The van der Waals surface area contributed by atoms with E-state index in [-0.39, 0.29) is 17.7 Å². The van der Waals surface area contributed by atoms with Gasteiger partial charge in [0.15, 0.2) is 0 Å². The Morgan fingerprint density at radius 2 is 2.10 bits per heavy atom. The number of halogens is 1. The highest BCUT2D eigenvalue weighted by Crippen LogP contribution is 2.34. The van der Waals surface area contributed by atoms with Crippen LogP contribution < -0.4 is 4.90 Å². The van der Waals surface area contributed by atoms with Crippen LogP contribution in [0.25, 0.3) is 11.4 Å². The van der Waals surface area contributed by atoms with Gasteiger partial charge in [0.2, 0.25) is 5.82 Å². The normalized spacial score (nSPS) is 17.6. The van der Waals surface area contributed by atoms with E-state index in [0.717, 1.165) is 49.5 Å². The van der Waals surface area contributed by atoms with E-state index in [2.05, 4.69) is 67.5 Å². The number of anilines is 1. The summed E-state index contributed by atoms with van der Waals surface area (Å²) in [7, 11) is 0. The van der Waals surface area contributed by atoms with E-state index >= 15 is 4.39 Å². The SMILES string of the molecule is CC(C)Cc1cc(F)c(-c2nn[nH]n2)c(N2CCN(Cc3cccnn3)[C@H](C)C2)c1. The fourth-order valence-electron chi connectivity index (χ4n) is 4.05. The van der Waals surface area contributed by atoms with Crippen LogP contribution in [0.2, 0.25) is 0 Å². The van der Waals surface area contributed by atoms with E-state index in [1.807, 2.05) is 12.1 Å². The van der Waals surface area contributed by atoms with E-state index in [1.165, 1.54) is 0 Å². The highest BCUT2D eigenvalue weighted by atomic mass is 19.1. The molecule has 0 radical (unpaired) electrons. The number of aromatic nitrogens is 6. The van der Waals surface area contributed by atoms with Crippen LogP contribution >= 0.6 is 0 Å². The maximum absolute atomic E-state index is 15.2. The minimum Gasteiger partial charge on any atom is -0.368 e. The van der Waals surface area contributed by atoms with E-state index in [9.17, 15) is 0 Å². The number of nitrogens with one attached hydrogen (secondary N) is 1. The lowest BCUT2D eigenvalue weighted by molar-refractivity contribution is 0.178. The fourth-order valence-corrected chi connectivity index (χ4v) is 4.05. The van der Waals surface area contributed by atoms with Crippen molar-refractivity contribution in [2.75, 3.05) is 24.5 Å². The Balaban J connectivity index is 1.60. The first-order chi connectivity index (χ1) is 14.5. The highest BCUT2D eigenvalue weighted by Gasteiger charge is 2.28. The number of hydrogen-bond acceptors (Lipinski definition) is 7. The average Bonchev–Trinajstić information content (AvgIpc) is 3.23. The molecule has 1 N–H and O–H groups in total. The molecule has 0 saturated carbocycles. The molecule has 2 aromatic heterocycles. The van der Waals surface area contributed by atoms with Gasteiger partial charge in [-0.15, -0.1) is 10.2 Å². The predicted octanol–water partition coefficient (Wildman–Crippen LogP) is 2.71. The van der Waals surface area contributed by atoms with Gasteiger partial charge in [0, 0.05) is 38.4 Å². The number of benzene rings is 1. The van der Waals surface area contributed by atoms with E-state index in [4.69, 9.17) is 0 Å². The predicted molar refractivity (Wildman–Crippen MR) is 112 cm³/mol. The minimum atomic E-state index is -0.306. The molecule has 158 valence electrons. The molecular weight excluding hydrogens is 383 g/mol. The lowest BCUT2D eigenvalue weighted by Crippen LogP contribution is -2.51. The van der Waals surface area contributed by atoms with Crippen LogP contribution in [0.1, 0.15) is 32.0 Å². The Hall–Kier alpha value is -2.94. The molecule has 1 atom stereocenters. The van der Waals surface area contributed by atoms with Gasteiger partial charge in [-0.25, -0.2) is 4.39 Å². The fraction of sp³-hybridized carbons (Fsp3) is 0.476. The van der Waals surface area contributed by atoms with Crippen molar-refractivity contribution in [2.45, 2.75) is 39.8 Å². The van der Waals surface area contributed by atoms with Crippen LogP contribution in [-0.4, -0.2) is 61.4 Å². The summed E-state index contributed by atoms with van der Waals surface area (Å²) < 4.78 is 15.2. The third-order valence-electron chi connectivity index (χ3n) is 5.44. The van der Waals surface area contributed by atoms with E-state index < -0.39 is 0 Å². The molecule has 4 rings (SSSR count). The largest absolute Gasteiger partial charge is 0.368 e. The first kappa shape index (κ1) is 20.3. The zero-order chi connectivity index (χ0) is 21.1. The zero-order valence-corrected chi connectivity index (χ0v) is 17.6. The molecule has 0 bridgehead atoms. The van der Waals surface area contributed by atoms with Crippen molar-refractivity contribution in [1.29, 1.82) is 0 Å². The molecule has 0 unspecified atom stereocenters. The Labute approximate surface area is 175 Å². The van der Waals surface area contributed by atoms with Gasteiger partial charge < -0.3 is 4.90 Å². The van der Waals surface area contributed by atoms with Gasteiger partial charge in [0.25, 0.3) is 0 Å². The number of aromatic amines is 1. The van der Waals surface area contributed by atoms with Gasteiger partial charge >= 0.3 is 0 Å². The van der Waals surface area contributed by atoms with Crippen molar-refractivity contribution in [1.82, 2.24) is 35.7 Å². The first-order valence-electron chi connectivity index (χ1n) is 10.3. The van der Waals surface area contributed by atoms with Gasteiger partial charge in [-0.1, -0.05) is 13.8 Å². The number of hydrogen-bond donors (Lipinski definition) is 1. The Morgan fingerprint density at radius 3 is 2.77 bits per heavy atom. The molecule has 0 amide bonds. The first-order valence-corrected chi connectivity index (χ1v) is 10.3. The topological polar surface area (TPSA) is 86.7 Å². The smallest absolute Gasteiger partial charge is 0.209 e. The van der Waals surface area contributed by atoms with Crippen LogP contribution in [0.3, 0.4) is 0 Å². The second kappa shape index (κ2) is 8.83. The molecule has 1 aliphatic rings. The van der Waals surface area contributed by atoms with Crippen molar-refractivity contribution in [3.63, 3.8) is 0 Å². The molecule has 1 aromatic carbocycles. The zero-order valence-electron chi connectivity index (χ0n) is 17.6. The van der Waals surface area contributed by atoms with Crippen molar-refractivity contribution in [3.8, 4) is 11.4 Å². The van der Waals surface area contributed by atoms with Crippen LogP contribution in [-0.2, 0) is 13.0 Å². The summed E-state index contributed by atoms with van der Waals surface area (Å²) in [4.78, 5) is 4.61. The molecule has 3 heterocycles. The molecule has 1 aliphatic heterocycles. The molecule has 1 saturated heterocycles. The maximum Gasteiger partial charge on any atom is 0.209 e. The number of nitrogens with zero attached hydrogens (tertiary/aromatic N) is 7. The summed E-state index contributed by atoms with van der Waals surface area (Å²) in [6, 6.07) is 7.85. The summed E-state index contributed by atoms with van der Waals surface area (Å²) in [6.45, 7) is 9.61. The van der Waals surface area contributed by atoms with Crippen LogP contribution in [0.4, 0.5) is 10.1 Å². The van der Waals surface area contributed by atoms with Crippen LogP contribution in [0, 0.1) is 11.7 Å². The summed E-state index contributed by atoms with van der Waals surface area (Å²) in [5.74, 6) is 0.420.